The summed E-state index contributed by atoms with van der Waals surface area (Å²) in [5.41, 5.74) is 5.14. The molecule has 68 heavy (non-hydrogen) atoms. The molecule has 4 unspecified atom stereocenters. The summed E-state index contributed by atoms with van der Waals surface area (Å²) in [6.07, 6.45) is 8.43. The Hall–Kier alpha value is -7.24. The van der Waals surface area contributed by atoms with Gasteiger partial charge >= 0.3 is 11.9 Å². The van der Waals surface area contributed by atoms with Crippen LogP contribution in [0.25, 0.3) is 23.0 Å². The molecule has 0 aromatic carbocycles. The molecule has 0 bridgehead atoms. The molecule has 18 heteroatoms. The number of hydrogen-bond donors (Lipinski definition) is 2. The van der Waals surface area contributed by atoms with Crippen LogP contribution < -0.4 is 19.6 Å². The lowest BCUT2D eigenvalue weighted by atomic mass is 9.82. The number of aromatic nitrogens is 8. The van der Waals surface area contributed by atoms with Crippen LogP contribution in [0.15, 0.2) is 85.5 Å². The van der Waals surface area contributed by atoms with E-state index in [2.05, 4.69) is 34.7 Å². The maximum Gasteiger partial charge on any atom is 0.308 e. The molecule has 2 N–H and O–H groups in total. The molecule has 0 spiro atoms. The highest BCUT2D eigenvalue weighted by Gasteiger charge is 2.45. The minimum absolute atomic E-state index is 0.0922. The van der Waals surface area contributed by atoms with Gasteiger partial charge in [-0.3, -0.25) is 19.6 Å². The highest BCUT2D eigenvalue weighted by Crippen LogP contribution is 2.42. The molecule has 10 heterocycles. The number of carboxylic acids is 2. The molecule has 16 nitrogen and oxygen atoms in total. The van der Waals surface area contributed by atoms with Crippen molar-refractivity contribution < 1.29 is 28.6 Å². The minimum Gasteiger partial charge on any atom is -0.481 e. The van der Waals surface area contributed by atoms with Gasteiger partial charge in [0.15, 0.2) is 11.6 Å². The quantitative estimate of drug-likeness (QED) is 0.143. The molecule has 6 aromatic rings. The summed E-state index contributed by atoms with van der Waals surface area (Å²) in [6.45, 7) is 14.7. The van der Waals surface area contributed by atoms with Crippen molar-refractivity contribution in [3.63, 3.8) is 0 Å². The number of carboxylic acid groups (broad SMARTS) is 2. The van der Waals surface area contributed by atoms with E-state index in [1.54, 1.807) is 12.4 Å². The molecule has 0 amide bonds. The fraction of sp³-hybridized carbons (Fsp3) is 0.400. The minimum atomic E-state index is -0.838. The Labute approximate surface area is 393 Å². The Bertz CT molecular complexity index is 2660. The first kappa shape index (κ1) is 45.9. The summed E-state index contributed by atoms with van der Waals surface area (Å²) in [6, 6.07) is 17.2. The van der Waals surface area contributed by atoms with Gasteiger partial charge < -0.3 is 29.8 Å². The highest BCUT2D eigenvalue weighted by molar-refractivity contribution is 5.74. The molecule has 10 rings (SSSR count). The van der Waals surface area contributed by atoms with Crippen LogP contribution in [-0.2, 0) is 22.4 Å². The Morgan fingerprint density at radius 3 is 1.59 bits per heavy atom. The van der Waals surface area contributed by atoms with E-state index in [0.717, 1.165) is 33.9 Å². The standard InChI is InChI=1S/2C25H27FN6O2/c1-15-17-12-28-23(20-6-4-5-8-27-20)29-19(17)7-9-32(15)22-11-16(10-21(26)30-22)31-13-18(24(33)34)25(2,3)14-31;1-15-17-12-28-23(20-6-4-5-8-27-20)29-19(17)7-9-32(15)22-11-16(26)10-21(30-22)31-13-18(24(33)34)25(2,3)14-31/h2*4-6,8,10-12,15,18H,7,9,13-14H2,1-3H3,(H,33,34). The SMILES string of the molecule is CC1c2cnc(-c3ccccn3)nc2CCN1c1cc(F)cc(N2CC(C(=O)O)C(C)(C)C2)n1.CC1c2cnc(-c3ccccn3)nc2CCN1c1cc(N2CC(C(=O)O)C(C)(C)C2)cc(F)n1. The second-order valence-corrected chi connectivity index (χ2v) is 19.4. The lowest BCUT2D eigenvalue weighted by molar-refractivity contribution is -0.144. The largest absolute Gasteiger partial charge is 0.481 e. The molecule has 4 atom stereocenters. The van der Waals surface area contributed by atoms with Gasteiger partial charge in [-0.2, -0.15) is 4.39 Å². The third-order valence-electron chi connectivity index (χ3n) is 13.9. The Morgan fingerprint density at radius 2 is 1.10 bits per heavy atom. The third-order valence-corrected chi connectivity index (χ3v) is 13.9. The number of pyridine rings is 4. The van der Waals surface area contributed by atoms with E-state index in [9.17, 15) is 28.6 Å². The summed E-state index contributed by atoms with van der Waals surface area (Å²) < 4.78 is 29.3. The highest BCUT2D eigenvalue weighted by atomic mass is 19.1. The van der Waals surface area contributed by atoms with Crippen LogP contribution in [0.2, 0.25) is 0 Å². The van der Waals surface area contributed by atoms with Crippen LogP contribution in [-0.4, -0.2) is 101 Å². The Morgan fingerprint density at radius 1 is 0.618 bits per heavy atom. The van der Waals surface area contributed by atoms with E-state index in [1.807, 2.05) is 106 Å². The number of anilines is 4. The molecule has 0 aliphatic carbocycles. The van der Waals surface area contributed by atoms with Gasteiger partial charge in [0.25, 0.3) is 0 Å². The zero-order valence-corrected chi connectivity index (χ0v) is 38.9. The number of nitrogens with zero attached hydrogens (tertiary/aromatic N) is 12. The first-order valence-electron chi connectivity index (χ1n) is 22.8. The fourth-order valence-electron chi connectivity index (χ4n) is 10.0. The average Bonchev–Trinajstić information content (AvgIpc) is 3.84. The summed E-state index contributed by atoms with van der Waals surface area (Å²) in [5, 5.41) is 19.2. The van der Waals surface area contributed by atoms with Crippen LogP contribution in [0.1, 0.15) is 76.1 Å². The molecule has 352 valence electrons. The summed E-state index contributed by atoms with van der Waals surface area (Å²) >= 11 is 0. The van der Waals surface area contributed by atoms with Crippen molar-refractivity contribution in [2.45, 2.75) is 66.5 Å². The summed E-state index contributed by atoms with van der Waals surface area (Å²) in [4.78, 5) is 67.5. The zero-order valence-electron chi connectivity index (χ0n) is 38.9. The van der Waals surface area contributed by atoms with Crippen LogP contribution in [0.3, 0.4) is 0 Å². The van der Waals surface area contributed by atoms with Crippen LogP contribution in [0.4, 0.5) is 31.9 Å². The number of carbonyl (C=O) groups is 2. The van der Waals surface area contributed by atoms with Crippen molar-refractivity contribution in [3.05, 3.63) is 120 Å². The Kier molecular flexibility index (Phi) is 12.2. The fourth-order valence-corrected chi connectivity index (χ4v) is 10.0. The molecule has 2 fully saturated rings. The van der Waals surface area contributed by atoms with E-state index in [-0.39, 0.29) is 12.1 Å². The average molecular weight is 925 g/mol. The molecule has 2 saturated heterocycles. The van der Waals surface area contributed by atoms with Gasteiger partial charge in [-0.25, -0.2) is 34.3 Å². The first-order chi connectivity index (χ1) is 32.5. The zero-order chi connectivity index (χ0) is 48.1. The molecule has 0 saturated carbocycles. The molecular formula is C50H54F2N12O4. The maximum absolute atomic E-state index is 14.7. The van der Waals surface area contributed by atoms with Gasteiger partial charge in [-0.15, -0.1) is 0 Å². The molecule has 0 radical (unpaired) electrons. The lowest BCUT2D eigenvalue weighted by Crippen LogP contribution is -2.36. The van der Waals surface area contributed by atoms with Crippen LogP contribution >= 0.6 is 0 Å². The van der Waals surface area contributed by atoms with Gasteiger partial charge in [0, 0.05) is 118 Å². The lowest BCUT2D eigenvalue weighted by Gasteiger charge is -2.36. The summed E-state index contributed by atoms with van der Waals surface area (Å²) in [5.74, 6) is -0.981. The second-order valence-electron chi connectivity index (χ2n) is 19.4. The molecule has 4 aliphatic rings. The van der Waals surface area contributed by atoms with Crippen molar-refractivity contribution in [1.82, 2.24) is 39.9 Å². The van der Waals surface area contributed by atoms with Crippen molar-refractivity contribution in [3.8, 4) is 23.0 Å². The number of halogens is 2. The summed E-state index contributed by atoms with van der Waals surface area (Å²) in [7, 11) is 0. The van der Waals surface area contributed by atoms with Crippen LogP contribution in [0, 0.1) is 34.4 Å². The van der Waals surface area contributed by atoms with E-state index in [1.165, 1.54) is 18.2 Å². The van der Waals surface area contributed by atoms with Crippen LogP contribution in [0.5, 0.6) is 0 Å². The first-order valence-corrected chi connectivity index (χ1v) is 22.8. The normalized spacial score (nSPS) is 21.4. The smallest absolute Gasteiger partial charge is 0.308 e. The predicted molar refractivity (Wildman–Crippen MR) is 252 cm³/mol. The van der Waals surface area contributed by atoms with Gasteiger partial charge in [-0.1, -0.05) is 39.8 Å². The van der Waals surface area contributed by atoms with Gasteiger partial charge in [0.2, 0.25) is 5.95 Å². The maximum atomic E-state index is 14.7. The number of aliphatic carboxylic acids is 2. The monoisotopic (exact) mass is 924 g/mol. The molecule has 6 aromatic heterocycles. The van der Waals surface area contributed by atoms with Crippen molar-refractivity contribution >= 4 is 35.1 Å². The third kappa shape index (κ3) is 9.10. The molecular weight excluding hydrogens is 871 g/mol. The van der Waals surface area contributed by atoms with E-state index in [0.29, 0.717) is 86.9 Å². The van der Waals surface area contributed by atoms with Crippen molar-refractivity contribution in [1.29, 1.82) is 0 Å². The van der Waals surface area contributed by atoms with Crippen molar-refractivity contribution in [2.75, 3.05) is 58.9 Å². The number of fused-ring (bicyclic) bond motifs is 2. The second kappa shape index (κ2) is 18.1. The predicted octanol–water partition coefficient (Wildman–Crippen LogP) is 7.49. The number of rotatable bonds is 8. The van der Waals surface area contributed by atoms with Gasteiger partial charge in [-0.05, 0) is 48.9 Å². The molecule has 4 aliphatic heterocycles. The van der Waals surface area contributed by atoms with E-state index >= 15 is 0 Å². The van der Waals surface area contributed by atoms with E-state index in [4.69, 9.17) is 15.0 Å². The topological polar surface area (TPSA) is 191 Å². The van der Waals surface area contributed by atoms with Gasteiger partial charge in [0.05, 0.1) is 35.3 Å². The van der Waals surface area contributed by atoms with Crippen molar-refractivity contribution in [2.24, 2.45) is 22.7 Å². The number of hydrogen-bond acceptors (Lipinski definition) is 14. The Balaban J connectivity index is 0.000000170. The van der Waals surface area contributed by atoms with E-state index < -0.39 is 46.4 Å². The van der Waals surface area contributed by atoms with Gasteiger partial charge in [0.1, 0.15) is 34.7 Å².